The number of phenols is 1. The second-order valence-electron chi connectivity index (χ2n) is 9.34. The Morgan fingerprint density at radius 1 is 0.795 bits per heavy atom. The molecule has 1 aliphatic heterocycles. The Morgan fingerprint density at radius 3 is 2.05 bits per heavy atom. The van der Waals surface area contributed by atoms with Gasteiger partial charge in [0.2, 0.25) is 0 Å². The smallest absolute Gasteiger partial charge is 0.416 e. The molecule has 0 unspecified atom stereocenters. The van der Waals surface area contributed by atoms with Gasteiger partial charge in [-0.3, -0.25) is 15.1 Å². The minimum Gasteiger partial charge on any atom is -0.505 e. The lowest BCUT2D eigenvalue weighted by Gasteiger charge is -2.19. The number of aromatic carboxylic acids is 1. The molecule has 0 aliphatic carbocycles. The zero-order valence-corrected chi connectivity index (χ0v) is 21.6. The first-order valence-corrected chi connectivity index (χ1v) is 12.2. The summed E-state index contributed by atoms with van der Waals surface area (Å²) in [4.78, 5) is 25.5. The average molecular weight is 621 g/mol. The molecule has 15 heteroatoms. The maximum atomic E-state index is 14.6. The Labute approximate surface area is 241 Å². The van der Waals surface area contributed by atoms with E-state index in [9.17, 15) is 54.9 Å². The molecular formula is C29H15F8N3O4. The summed E-state index contributed by atoms with van der Waals surface area (Å²) >= 11 is 0. The van der Waals surface area contributed by atoms with Crippen LogP contribution in [0, 0.1) is 11.6 Å². The van der Waals surface area contributed by atoms with Gasteiger partial charge in [-0.1, -0.05) is 6.07 Å². The van der Waals surface area contributed by atoms with Crippen molar-refractivity contribution in [2.24, 2.45) is 5.10 Å². The SMILES string of the molecule is O=C(O)c1cc(-c2cc(F)cc(NN=C3C(=O)N(c4ccc(C(F)(F)F)cc4)c4cc(C(F)(F)F)ccc43)c2O)ccc1F. The Kier molecular flexibility index (Phi) is 7.27. The Balaban J connectivity index is 1.58. The molecular weight excluding hydrogens is 606 g/mol. The molecule has 0 saturated carbocycles. The normalized spacial score (nSPS) is 14.2. The number of fused-ring (bicyclic) bond motifs is 1. The average Bonchev–Trinajstić information content (AvgIpc) is 3.22. The molecule has 0 bridgehead atoms. The van der Waals surface area contributed by atoms with Crippen molar-refractivity contribution in [1.29, 1.82) is 0 Å². The summed E-state index contributed by atoms with van der Waals surface area (Å²) < 4.78 is 108. The number of halogens is 8. The van der Waals surface area contributed by atoms with Gasteiger partial charge in [0.1, 0.15) is 23.1 Å². The quantitative estimate of drug-likeness (QED) is 0.121. The van der Waals surface area contributed by atoms with E-state index in [2.05, 4.69) is 10.5 Å². The van der Waals surface area contributed by atoms with E-state index < -0.39 is 69.7 Å². The molecule has 44 heavy (non-hydrogen) atoms. The van der Waals surface area contributed by atoms with Gasteiger partial charge in [-0.15, -0.1) is 0 Å². The Hall–Kier alpha value is -5.47. The number of amides is 1. The van der Waals surface area contributed by atoms with Crippen molar-refractivity contribution in [1.82, 2.24) is 0 Å². The predicted octanol–water partition coefficient (Wildman–Crippen LogP) is 7.57. The third-order valence-corrected chi connectivity index (χ3v) is 6.55. The van der Waals surface area contributed by atoms with Crippen LogP contribution in [-0.4, -0.2) is 27.8 Å². The number of carboxylic acids is 1. The van der Waals surface area contributed by atoms with E-state index in [-0.39, 0.29) is 28.1 Å². The van der Waals surface area contributed by atoms with Crippen molar-refractivity contribution in [2.45, 2.75) is 12.4 Å². The summed E-state index contributed by atoms with van der Waals surface area (Å²) in [5.74, 6) is -5.48. The molecule has 4 aromatic carbocycles. The maximum absolute atomic E-state index is 14.6. The molecule has 0 atom stereocenters. The van der Waals surface area contributed by atoms with E-state index >= 15 is 0 Å². The highest BCUT2D eigenvalue weighted by Gasteiger charge is 2.39. The fourth-order valence-electron chi connectivity index (χ4n) is 4.46. The fourth-order valence-corrected chi connectivity index (χ4v) is 4.46. The molecule has 0 spiro atoms. The van der Waals surface area contributed by atoms with Gasteiger partial charge in [-0.2, -0.15) is 31.4 Å². The van der Waals surface area contributed by atoms with Crippen LogP contribution in [0.2, 0.25) is 0 Å². The van der Waals surface area contributed by atoms with Gasteiger partial charge in [0, 0.05) is 22.9 Å². The predicted molar refractivity (Wildman–Crippen MR) is 141 cm³/mol. The number of nitrogens with zero attached hydrogens (tertiary/aromatic N) is 2. The molecule has 0 saturated heterocycles. The lowest BCUT2D eigenvalue weighted by molar-refractivity contribution is -0.138. The van der Waals surface area contributed by atoms with E-state index in [1.807, 2.05) is 0 Å². The molecule has 1 heterocycles. The van der Waals surface area contributed by atoms with Crippen molar-refractivity contribution < 1.29 is 54.9 Å². The summed E-state index contributed by atoms with van der Waals surface area (Å²) in [6.07, 6.45) is -9.56. The molecule has 3 N–H and O–H groups in total. The second kappa shape index (κ2) is 10.7. The van der Waals surface area contributed by atoms with Gasteiger partial charge in [0.15, 0.2) is 5.71 Å². The van der Waals surface area contributed by atoms with E-state index in [4.69, 9.17) is 0 Å². The molecule has 1 amide bonds. The highest BCUT2D eigenvalue weighted by Crippen LogP contribution is 2.42. The second-order valence-corrected chi connectivity index (χ2v) is 9.34. The number of carbonyl (C=O) groups excluding carboxylic acids is 1. The van der Waals surface area contributed by atoms with Crippen LogP contribution in [0.15, 0.2) is 77.9 Å². The minimum absolute atomic E-state index is 0.105. The van der Waals surface area contributed by atoms with Gasteiger partial charge in [0.05, 0.1) is 22.4 Å². The Morgan fingerprint density at radius 2 is 1.43 bits per heavy atom. The number of rotatable bonds is 5. The van der Waals surface area contributed by atoms with Crippen LogP contribution < -0.4 is 10.3 Å². The van der Waals surface area contributed by atoms with Gasteiger partial charge >= 0.3 is 18.3 Å². The van der Waals surface area contributed by atoms with Crippen molar-refractivity contribution in [3.8, 4) is 16.9 Å². The topological polar surface area (TPSA) is 102 Å². The number of hydrogen-bond acceptors (Lipinski definition) is 5. The van der Waals surface area contributed by atoms with Crippen molar-refractivity contribution >= 4 is 34.7 Å². The highest BCUT2D eigenvalue weighted by molar-refractivity contribution is 6.55. The third-order valence-electron chi connectivity index (χ3n) is 6.55. The number of carbonyl (C=O) groups is 2. The summed E-state index contributed by atoms with van der Waals surface area (Å²) in [5.41, 5.74) is -2.89. The largest absolute Gasteiger partial charge is 0.505 e. The monoisotopic (exact) mass is 621 g/mol. The van der Waals surface area contributed by atoms with Crippen LogP contribution in [0.4, 0.5) is 52.2 Å². The van der Waals surface area contributed by atoms with Crippen molar-refractivity contribution in [3.63, 3.8) is 0 Å². The zero-order valence-electron chi connectivity index (χ0n) is 21.6. The van der Waals surface area contributed by atoms with E-state index in [0.29, 0.717) is 29.2 Å². The first kappa shape index (κ1) is 30.0. The van der Waals surface area contributed by atoms with E-state index in [1.54, 1.807) is 0 Å². The lowest BCUT2D eigenvalue weighted by atomic mass is 10.0. The lowest BCUT2D eigenvalue weighted by Crippen LogP contribution is -2.26. The third kappa shape index (κ3) is 5.50. The van der Waals surface area contributed by atoms with Gasteiger partial charge in [-0.05, 0) is 66.2 Å². The first-order valence-electron chi connectivity index (χ1n) is 12.2. The number of alkyl halides is 6. The van der Waals surface area contributed by atoms with Crippen LogP contribution in [0.5, 0.6) is 5.75 Å². The number of nitrogens with one attached hydrogen (secondary N) is 1. The molecule has 0 aromatic heterocycles. The number of aromatic hydroxyl groups is 1. The fraction of sp³-hybridized carbons (Fsp3) is 0.0690. The van der Waals surface area contributed by atoms with Gasteiger partial charge in [0.25, 0.3) is 5.91 Å². The number of carboxylic acid groups (broad SMARTS) is 1. The number of hydrazone groups is 1. The van der Waals surface area contributed by atoms with E-state index in [1.165, 1.54) is 0 Å². The number of phenolic OH excluding ortho intramolecular Hbond substituents is 1. The van der Waals surface area contributed by atoms with Crippen LogP contribution in [-0.2, 0) is 17.1 Å². The summed E-state index contributed by atoms with van der Waals surface area (Å²) in [6.45, 7) is 0. The zero-order chi connectivity index (χ0) is 32.1. The van der Waals surface area contributed by atoms with Crippen LogP contribution in [0.1, 0.15) is 27.0 Å². The van der Waals surface area contributed by atoms with Crippen LogP contribution >= 0.6 is 0 Å². The summed E-state index contributed by atoms with van der Waals surface area (Å²) in [6, 6.07) is 9.50. The first-order chi connectivity index (χ1) is 20.6. The van der Waals surface area contributed by atoms with Crippen LogP contribution in [0.3, 0.4) is 0 Å². The van der Waals surface area contributed by atoms with Crippen molar-refractivity contribution in [2.75, 3.05) is 10.3 Å². The summed E-state index contributed by atoms with van der Waals surface area (Å²) in [5, 5.41) is 23.9. The number of benzene rings is 4. The molecule has 7 nitrogen and oxygen atoms in total. The highest BCUT2D eigenvalue weighted by atomic mass is 19.4. The minimum atomic E-state index is -4.84. The summed E-state index contributed by atoms with van der Waals surface area (Å²) in [7, 11) is 0. The Bertz CT molecular complexity index is 1850. The maximum Gasteiger partial charge on any atom is 0.416 e. The van der Waals surface area contributed by atoms with Crippen molar-refractivity contribution in [3.05, 3.63) is 107 Å². The standard InChI is InChI=1S/C29H15F8N3O4/c30-16-11-19(13-1-8-21(31)20(9-13)27(43)44)25(41)22(12-16)38-39-24-18-7-4-15(29(35,36)37)10-23(18)40(26(24)42)17-5-2-14(3-6-17)28(32,33)34/h1-12,38,41H,(H,43,44). The molecule has 226 valence electrons. The van der Waals surface area contributed by atoms with Crippen LogP contribution in [0.25, 0.3) is 11.1 Å². The number of anilines is 3. The van der Waals surface area contributed by atoms with E-state index in [0.717, 1.165) is 48.5 Å². The molecule has 4 aromatic rings. The molecule has 0 fully saturated rings. The number of hydrogen-bond donors (Lipinski definition) is 3. The van der Waals surface area contributed by atoms with Gasteiger partial charge < -0.3 is 10.2 Å². The molecule has 0 radical (unpaired) electrons. The van der Waals surface area contributed by atoms with Gasteiger partial charge in [-0.25, -0.2) is 13.6 Å². The molecule has 5 rings (SSSR count). The molecule has 1 aliphatic rings.